The maximum absolute atomic E-state index is 13.5. The molecule has 3 rings (SSSR count). The lowest BCUT2D eigenvalue weighted by atomic mass is 9.84. The molecule has 0 aromatic heterocycles. The van der Waals surface area contributed by atoms with Crippen LogP contribution in [-0.2, 0) is 9.98 Å². The summed E-state index contributed by atoms with van der Waals surface area (Å²) in [4.78, 5) is 26.4. The highest BCUT2D eigenvalue weighted by atomic mass is 79.9. The Balaban J connectivity index is 2.07. The molecule has 0 amide bonds. The molecule has 0 N–H and O–H groups in total. The third-order valence-electron chi connectivity index (χ3n) is 5.43. The summed E-state index contributed by atoms with van der Waals surface area (Å²) in [6.45, 7) is 10.1. The Morgan fingerprint density at radius 2 is 1.44 bits per heavy atom. The quantitative estimate of drug-likeness (QED) is 0.235. The number of aryl methyl sites for hydroxylation is 2. The molecule has 1 unspecified atom stereocenters. The zero-order chi connectivity index (χ0) is 23.8. The number of carbonyl (C=O) groups excluding carboxylic acids is 2. The fourth-order valence-electron chi connectivity index (χ4n) is 3.66. The fourth-order valence-corrected chi connectivity index (χ4v) is 7.35. The summed E-state index contributed by atoms with van der Waals surface area (Å²) in [7, 11) is -2.92. The average Bonchev–Trinajstić information content (AvgIpc) is 2.72. The summed E-state index contributed by atoms with van der Waals surface area (Å²) in [5.41, 5.74) is 3.66. The minimum Gasteiger partial charge on any atom is -0.313 e. The monoisotopic (exact) mass is 574 g/mol. The molecule has 0 radical (unpaired) electrons. The van der Waals surface area contributed by atoms with Crippen LogP contribution in [0.3, 0.4) is 0 Å². The van der Waals surface area contributed by atoms with E-state index in [1.54, 1.807) is 36.4 Å². The van der Waals surface area contributed by atoms with Crippen molar-refractivity contribution >= 4 is 56.3 Å². The molecular formula is C26H25Br2O3P. The number of hydrogen-bond acceptors (Lipinski definition) is 3. The predicted molar refractivity (Wildman–Crippen MR) is 139 cm³/mol. The van der Waals surface area contributed by atoms with Gasteiger partial charge in [-0.2, -0.15) is 0 Å². The predicted octanol–water partition coefficient (Wildman–Crippen LogP) is 7.38. The molecule has 3 aromatic rings. The summed E-state index contributed by atoms with van der Waals surface area (Å²) < 4.78 is 14.5. The first-order chi connectivity index (χ1) is 14.9. The Kier molecular flexibility index (Phi) is 7.44. The average molecular weight is 576 g/mol. The van der Waals surface area contributed by atoms with Crippen LogP contribution in [0.25, 0.3) is 0 Å². The second-order valence-electron chi connectivity index (χ2n) is 8.87. The van der Waals surface area contributed by atoms with Crippen LogP contribution in [0, 0.1) is 13.8 Å². The van der Waals surface area contributed by atoms with Crippen molar-refractivity contribution in [3.05, 3.63) is 96.9 Å². The van der Waals surface area contributed by atoms with Crippen LogP contribution in [0.1, 0.15) is 63.7 Å². The van der Waals surface area contributed by atoms with Gasteiger partial charge < -0.3 is 4.57 Å². The van der Waals surface area contributed by atoms with Gasteiger partial charge in [0.05, 0.1) is 0 Å². The normalized spacial score (nSPS) is 12.5. The van der Waals surface area contributed by atoms with Crippen molar-refractivity contribution < 1.29 is 14.2 Å². The van der Waals surface area contributed by atoms with Crippen LogP contribution < -0.4 is 5.30 Å². The summed E-state index contributed by atoms with van der Waals surface area (Å²) >= 11 is 6.90. The second kappa shape index (κ2) is 9.59. The van der Waals surface area contributed by atoms with E-state index in [-0.39, 0.29) is 11.2 Å². The minimum atomic E-state index is -2.92. The highest BCUT2D eigenvalue weighted by molar-refractivity contribution is 9.11. The SMILES string of the molecule is Cc1cc(C(C)(C)C)cc(C)c1C(=O)[PH](=O)c1c(Br)ccc(C(=O)c2ccccc2)c1Br. The van der Waals surface area contributed by atoms with Crippen molar-refractivity contribution in [2.45, 2.75) is 40.0 Å². The van der Waals surface area contributed by atoms with Crippen LogP contribution in [0.15, 0.2) is 63.5 Å². The molecule has 3 nitrogen and oxygen atoms in total. The van der Waals surface area contributed by atoms with E-state index in [4.69, 9.17) is 0 Å². The molecule has 0 aliphatic rings. The van der Waals surface area contributed by atoms with Gasteiger partial charge in [-0.3, -0.25) is 9.59 Å². The number of ketones is 1. The Bertz CT molecular complexity index is 1220. The molecule has 32 heavy (non-hydrogen) atoms. The van der Waals surface area contributed by atoms with Crippen molar-refractivity contribution in [2.75, 3.05) is 0 Å². The van der Waals surface area contributed by atoms with Gasteiger partial charge in [0.25, 0.3) is 0 Å². The lowest BCUT2D eigenvalue weighted by molar-refractivity contribution is 0.103. The molecule has 1 atom stereocenters. The van der Waals surface area contributed by atoms with E-state index in [2.05, 4.69) is 52.6 Å². The van der Waals surface area contributed by atoms with Crippen molar-refractivity contribution in [1.29, 1.82) is 0 Å². The lowest BCUT2D eigenvalue weighted by Crippen LogP contribution is -2.16. The van der Waals surface area contributed by atoms with Gasteiger partial charge in [0.2, 0.25) is 5.52 Å². The van der Waals surface area contributed by atoms with Gasteiger partial charge in [0, 0.05) is 30.9 Å². The first-order valence-electron chi connectivity index (χ1n) is 10.2. The van der Waals surface area contributed by atoms with E-state index >= 15 is 0 Å². The van der Waals surface area contributed by atoms with Crippen LogP contribution in [0.4, 0.5) is 0 Å². The van der Waals surface area contributed by atoms with Crippen LogP contribution in [0.2, 0.25) is 0 Å². The molecule has 0 fully saturated rings. The first-order valence-corrected chi connectivity index (χ1v) is 13.2. The zero-order valence-electron chi connectivity index (χ0n) is 18.7. The van der Waals surface area contributed by atoms with Gasteiger partial charge in [-0.15, -0.1) is 0 Å². The Labute approximate surface area is 206 Å². The van der Waals surface area contributed by atoms with Gasteiger partial charge in [-0.05, 0) is 79.9 Å². The molecule has 0 aliphatic carbocycles. The Morgan fingerprint density at radius 3 is 1.97 bits per heavy atom. The van der Waals surface area contributed by atoms with Gasteiger partial charge in [0.1, 0.15) is 0 Å². The van der Waals surface area contributed by atoms with Gasteiger partial charge in [-0.1, -0.05) is 63.2 Å². The van der Waals surface area contributed by atoms with Crippen LogP contribution in [0.5, 0.6) is 0 Å². The molecule has 0 aliphatic heterocycles. The molecule has 0 bridgehead atoms. The number of carbonyl (C=O) groups is 2. The fraction of sp³-hybridized carbons (Fsp3) is 0.231. The van der Waals surface area contributed by atoms with Gasteiger partial charge >= 0.3 is 0 Å². The minimum absolute atomic E-state index is 0.0550. The highest BCUT2D eigenvalue weighted by Gasteiger charge is 2.28. The molecule has 3 aromatic carbocycles. The number of halogens is 2. The second-order valence-corrected chi connectivity index (χ2v) is 12.1. The van der Waals surface area contributed by atoms with Gasteiger partial charge in [0.15, 0.2) is 13.6 Å². The molecule has 0 spiro atoms. The number of benzene rings is 3. The Morgan fingerprint density at radius 1 is 0.875 bits per heavy atom. The third-order valence-corrected chi connectivity index (χ3v) is 9.28. The molecule has 0 heterocycles. The van der Waals surface area contributed by atoms with E-state index in [0.29, 0.717) is 30.9 Å². The maximum Gasteiger partial charge on any atom is 0.223 e. The smallest absolute Gasteiger partial charge is 0.223 e. The maximum atomic E-state index is 13.5. The molecule has 0 saturated heterocycles. The summed E-state index contributed by atoms with van der Waals surface area (Å²) in [5.74, 6) is -0.199. The van der Waals surface area contributed by atoms with E-state index in [9.17, 15) is 14.2 Å². The van der Waals surface area contributed by atoms with Gasteiger partial charge in [-0.25, -0.2) is 0 Å². The third kappa shape index (κ3) is 4.90. The van der Waals surface area contributed by atoms with Crippen molar-refractivity contribution in [3.8, 4) is 0 Å². The van der Waals surface area contributed by atoms with Crippen molar-refractivity contribution in [2.24, 2.45) is 0 Å². The summed E-state index contributed by atoms with van der Waals surface area (Å²) in [6, 6.07) is 16.2. The summed E-state index contributed by atoms with van der Waals surface area (Å²) in [6.07, 6.45) is 0. The molecule has 0 saturated carbocycles. The zero-order valence-corrected chi connectivity index (χ0v) is 22.8. The van der Waals surface area contributed by atoms with Crippen molar-refractivity contribution in [1.82, 2.24) is 0 Å². The topological polar surface area (TPSA) is 51.2 Å². The van der Waals surface area contributed by atoms with E-state index in [1.165, 1.54) is 0 Å². The summed E-state index contributed by atoms with van der Waals surface area (Å²) in [5, 5.41) is 0.334. The van der Waals surface area contributed by atoms with Crippen LogP contribution in [-0.4, -0.2) is 11.3 Å². The highest BCUT2D eigenvalue weighted by Crippen LogP contribution is 2.38. The standard InChI is InChI=1S/C26H25Br2O3P/c1-15-13-18(26(3,4)5)14-16(2)21(15)25(30)32(31)24-20(27)12-11-19(22(24)28)23(29)17-9-7-6-8-10-17/h6-14,32H,1-5H3. The number of rotatable bonds is 5. The van der Waals surface area contributed by atoms with E-state index in [1.807, 2.05) is 32.0 Å². The molecular weight excluding hydrogens is 551 g/mol. The molecule has 6 heteroatoms. The first kappa shape index (κ1) is 24.8. The van der Waals surface area contributed by atoms with E-state index < -0.39 is 13.3 Å². The lowest BCUT2D eigenvalue weighted by Gasteiger charge is -2.22. The largest absolute Gasteiger partial charge is 0.313 e. The van der Waals surface area contributed by atoms with Crippen molar-refractivity contribution in [3.63, 3.8) is 0 Å². The van der Waals surface area contributed by atoms with E-state index in [0.717, 1.165) is 16.7 Å². The number of hydrogen-bond donors (Lipinski definition) is 0. The Hall–Kier alpha value is -1.81. The molecule has 166 valence electrons. The van der Waals surface area contributed by atoms with Crippen LogP contribution >= 0.6 is 39.7 Å².